The minimum absolute atomic E-state index is 0.0535. The molecule has 2 rings (SSSR count). The van der Waals surface area contributed by atoms with Crippen LogP contribution >= 0.6 is 22.9 Å². The van der Waals surface area contributed by atoms with Gasteiger partial charge < -0.3 is 10.5 Å². The number of halogens is 1. The Morgan fingerprint density at radius 2 is 2.17 bits per heavy atom. The Morgan fingerprint density at radius 1 is 1.48 bits per heavy atom. The van der Waals surface area contributed by atoms with Gasteiger partial charge in [-0.25, -0.2) is 18.2 Å². The summed E-state index contributed by atoms with van der Waals surface area (Å²) in [5.41, 5.74) is 6.23. The van der Waals surface area contributed by atoms with E-state index in [0.717, 1.165) is 11.3 Å². The van der Waals surface area contributed by atoms with Crippen molar-refractivity contribution in [1.29, 1.82) is 0 Å². The molecule has 0 aliphatic carbocycles. The van der Waals surface area contributed by atoms with Crippen LogP contribution in [0.3, 0.4) is 0 Å². The van der Waals surface area contributed by atoms with Gasteiger partial charge >= 0.3 is 5.97 Å². The van der Waals surface area contributed by atoms with Crippen molar-refractivity contribution in [2.75, 3.05) is 17.1 Å². The molecule has 0 bridgehead atoms. The van der Waals surface area contributed by atoms with Gasteiger partial charge in [0.15, 0.2) is 5.13 Å². The van der Waals surface area contributed by atoms with Crippen LogP contribution in [0.2, 0.25) is 5.02 Å². The molecule has 0 atom stereocenters. The monoisotopic (exact) mass is 375 g/mol. The zero-order valence-corrected chi connectivity index (χ0v) is 14.7. The molecule has 0 fully saturated rings. The van der Waals surface area contributed by atoms with Crippen LogP contribution in [0.15, 0.2) is 23.1 Å². The van der Waals surface area contributed by atoms with Crippen LogP contribution in [-0.2, 0) is 14.8 Å². The van der Waals surface area contributed by atoms with E-state index in [1.807, 2.05) is 0 Å². The number of nitrogens with two attached hydrogens (primary N) is 1. The molecule has 2 aromatic rings. The fraction of sp³-hybridized carbons (Fsp3) is 0.231. The van der Waals surface area contributed by atoms with E-state index in [4.69, 9.17) is 22.1 Å². The first-order valence-electron chi connectivity index (χ1n) is 6.47. The van der Waals surface area contributed by atoms with E-state index in [1.165, 1.54) is 18.2 Å². The second-order valence-corrected chi connectivity index (χ2v) is 7.53. The van der Waals surface area contributed by atoms with E-state index >= 15 is 0 Å². The molecule has 0 amide bonds. The number of thiazole rings is 1. The van der Waals surface area contributed by atoms with Crippen LogP contribution in [0.5, 0.6) is 0 Å². The number of aryl methyl sites for hydroxylation is 1. The van der Waals surface area contributed by atoms with Crippen molar-refractivity contribution in [3.63, 3.8) is 0 Å². The number of rotatable bonds is 5. The van der Waals surface area contributed by atoms with E-state index in [0.29, 0.717) is 5.69 Å². The lowest BCUT2D eigenvalue weighted by molar-refractivity contribution is 0.0531. The predicted molar refractivity (Wildman–Crippen MR) is 89.5 cm³/mol. The predicted octanol–water partition coefficient (Wildman–Crippen LogP) is 2.66. The van der Waals surface area contributed by atoms with Crippen LogP contribution < -0.4 is 10.5 Å². The van der Waals surface area contributed by atoms with Gasteiger partial charge in [0.2, 0.25) is 0 Å². The lowest BCUT2D eigenvalue weighted by Gasteiger charge is -2.06. The summed E-state index contributed by atoms with van der Waals surface area (Å²) >= 11 is 6.74. The third kappa shape index (κ3) is 3.92. The van der Waals surface area contributed by atoms with E-state index < -0.39 is 16.0 Å². The number of ether oxygens (including phenoxy) is 1. The van der Waals surface area contributed by atoms with E-state index in [-0.39, 0.29) is 32.2 Å². The highest BCUT2D eigenvalue weighted by Crippen LogP contribution is 2.27. The number of hydrogen-bond acceptors (Lipinski definition) is 7. The number of benzene rings is 1. The van der Waals surface area contributed by atoms with Crippen LogP contribution in [0.25, 0.3) is 0 Å². The molecule has 124 valence electrons. The Bertz CT molecular complexity index is 849. The fourth-order valence-corrected chi connectivity index (χ4v) is 4.04. The summed E-state index contributed by atoms with van der Waals surface area (Å²) in [5.74, 6) is -0.538. The van der Waals surface area contributed by atoms with Crippen molar-refractivity contribution >= 4 is 49.7 Å². The molecule has 0 aliphatic heterocycles. The topological polar surface area (TPSA) is 111 Å². The van der Waals surface area contributed by atoms with Gasteiger partial charge in [-0.3, -0.25) is 4.72 Å². The standard InChI is InChI=1S/C13H14ClN3O4S2/c1-3-21-12(18)11-7(2)16-13(22-11)17-23(19,20)8-4-5-10(15)9(14)6-8/h4-6H,3,15H2,1-2H3,(H,16,17). The average molecular weight is 376 g/mol. The quantitative estimate of drug-likeness (QED) is 0.613. The summed E-state index contributed by atoms with van der Waals surface area (Å²) in [5, 5.41) is 0.203. The van der Waals surface area contributed by atoms with Crippen molar-refractivity contribution in [1.82, 2.24) is 4.98 Å². The first-order chi connectivity index (χ1) is 10.7. The van der Waals surface area contributed by atoms with Gasteiger partial charge in [-0.1, -0.05) is 22.9 Å². The maximum absolute atomic E-state index is 12.3. The van der Waals surface area contributed by atoms with Gasteiger partial charge in [-0.15, -0.1) is 0 Å². The summed E-state index contributed by atoms with van der Waals surface area (Å²) < 4.78 is 31.8. The van der Waals surface area contributed by atoms with Crippen molar-refractivity contribution in [3.05, 3.63) is 33.8 Å². The Labute approximate surface area is 142 Å². The Morgan fingerprint density at radius 3 is 2.78 bits per heavy atom. The van der Waals surface area contributed by atoms with Gasteiger partial charge in [0, 0.05) is 0 Å². The number of carbonyl (C=O) groups is 1. The molecule has 1 aromatic carbocycles. The van der Waals surface area contributed by atoms with Gasteiger partial charge in [0.25, 0.3) is 10.0 Å². The lowest BCUT2D eigenvalue weighted by atomic mass is 10.3. The zero-order chi connectivity index (χ0) is 17.2. The number of hydrogen-bond donors (Lipinski definition) is 2. The minimum atomic E-state index is -3.89. The fourth-order valence-electron chi connectivity index (χ4n) is 1.67. The normalized spacial score (nSPS) is 11.3. The smallest absolute Gasteiger partial charge is 0.350 e. The minimum Gasteiger partial charge on any atom is -0.462 e. The number of nitrogens with zero attached hydrogens (tertiary/aromatic N) is 1. The first-order valence-corrected chi connectivity index (χ1v) is 9.14. The van der Waals surface area contributed by atoms with Crippen LogP contribution in [0, 0.1) is 6.92 Å². The lowest BCUT2D eigenvalue weighted by Crippen LogP contribution is -2.13. The average Bonchev–Trinajstić information content (AvgIpc) is 2.82. The molecule has 7 nitrogen and oxygen atoms in total. The molecule has 0 aliphatic rings. The summed E-state index contributed by atoms with van der Waals surface area (Å²) in [4.78, 5) is 16.0. The number of nitrogen functional groups attached to an aromatic ring is 1. The molecule has 10 heteroatoms. The SMILES string of the molecule is CCOC(=O)c1sc(NS(=O)(=O)c2ccc(N)c(Cl)c2)nc1C. The second kappa shape index (κ2) is 6.73. The zero-order valence-electron chi connectivity index (χ0n) is 12.3. The number of nitrogens with one attached hydrogen (secondary N) is 1. The Hall–Kier alpha value is -1.84. The van der Waals surface area contributed by atoms with E-state index in [9.17, 15) is 13.2 Å². The Balaban J connectivity index is 2.29. The summed E-state index contributed by atoms with van der Waals surface area (Å²) in [6.45, 7) is 3.50. The number of esters is 1. The molecule has 0 saturated carbocycles. The molecule has 0 spiro atoms. The summed E-state index contributed by atoms with van der Waals surface area (Å²) in [6, 6.07) is 3.97. The van der Waals surface area contributed by atoms with Crippen LogP contribution in [0.4, 0.5) is 10.8 Å². The summed E-state index contributed by atoms with van der Waals surface area (Å²) in [6.07, 6.45) is 0. The Kier molecular flexibility index (Phi) is 5.12. The third-order valence-electron chi connectivity index (χ3n) is 2.76. The van der Waals surface area contributed by atoms with Crippen LogP contribution in [-0.4, -0.2) is 26.0 Å². The molecular formula is C13H14ClN3O4S2. The maximum atomic E-state index is 12.3. The molecule has 0 saturated heterocycles. The molecule has 1 heterocycles. The number of aromatic nitrogens is 1. The van der Waals surface area contributed by atoms with E-state index in [2.05, 4.69) is 9.71 Å². The highest BCUT2D eigenvalue weighted by molar-refractivity contribution is 7.93. The van der Waals surface area contributed by atoms with Gasteiger partial charge in [-0.2, -0.15) is 0 Å². The van der Waals surface area contributed by atoms with Crippen molar-refractivity contribution in [2.24, 2.45) is 0 Å². The third-order valence-corrected chi connectivity index (χ3v) is 5.61. The van der Waals surface area contributed by atoms with Crippen LogP contribution in [0.1, 0.15) is 22.3 Å². The second-order valence-electron chi connectivity index (χ2n) is 4.44. The molecule has 0 unspecified atom stereocenters. The molecular weight excluding hydrogens is 362 g/mol. The number of anilines is 2. The van der Waals surface area contributed by atoms with Crippen molar-refractivity contribution in [2.45, 2.75) is 18.7 Å². The highest BCUT2D eigenvalue weighted by Gasteiger charge is 2.21. The van der Waals surface area contributed by atoms with Gasteiger partial charge in [0.1, 0.15) is 4.88 Å². The summed E-state index contributed by atoms with van der Waals surface area (Å²) in [7, 11) is -3.89. The highest BCUT2D eigenvalue weighted by atomic mass is 35.5. The van der Waals surface area contributed by atoms with E-state index in [1.54, 1.807) is 13.8 Å². The molecule has 0 radical (unpaired) electrons. The van der Waals surface area contributed by atoms with Crippen molar-refractivity contribution in [3.8, 4) is 0 Å². The largest absolute Gasteiger partial charge is 0.462 e. The molecule has 3 N–H and O–H groups in total. The van der Waals surface area contributed by atoms with Gasteiger partial charge in [-0.05, 0) is 32.0 Å². The maximum Gasteiger partial charge on any atom is 0.350 e. The van der Waals surface area contributed by atoms with Gasteiger partial charge in [0.05, 0.1) is 27.9 Å². The molecule has 1 aromatic heterocycles. The van der Waals surface area contributed by atoms with Crippen molar-refractivity contribution < 1.29 is 17.9 Å². The number of carbonyl (C=O) groups excluding carboxylic acids is 1. The molecule has 23 heavy (non-hydrogen) atoms. The number of sulfonamides is 1. The first kappa shape index (κ1) is 17.5.